The Morgan fingerprint density at radius 2 is 2.15 bits per heavy atom. The zero-order valence-corrected chi connectivity index (χ0v) is 13.0. The third kappa shape index (κ3) is 2.85. The Labute approximate surface area is 126 Å². The van der Waals surface area contributed by atoms with E-state index in [1.165, 1.54) is 12.8 Å². The summed E-state index contributed by atoms with van der Waals surface area (Å²) < 4.78 is 12.1. The van der Waals surface area contributed by atoms with Crippen molar-refractivity contribution in [3.63, 3.8) is 0 Å². The van der Waals surface area contributed by atoms with Crippen molar-refractivity contribution in [3.05, 3.63) is 22.2 Å². The third-order valence-electron chi connectivity index (χ3n) is 3.54. The van der Waals surface area contributed by atoms with E-state index in [9.17, 15) is 0 Å². The van der Waals surface area contributed by atoms with Crippen LogP contribution < -0.4 is 15.2 Å². The average Bonchev–Trinajstić information content (AvgIpc) is 3.28. The SMILES string of the molecule is CN(C(N)=NCc1cc(Br)c2c(c1)OCCO2)C1CC1. The smallest absolute Gasteiger partial charge is 0.191 e. The number of benzene rings is 1. The van der Waals surface area contributed by atoms with E-state index >= 15 is 0 Å². The van der Waals surface area contributed by atoms with E-state index in [1.54, 1.807) is 0 Å². The Morgan fingerprint density at radius 3 is 2.90 bits per heavy atom. The molecule has 1 heterocycles. The van der Waals surface area contributed by atoms with Gasteiger partial charge in [-0.25, -0.2) is 4.99 Å². The average molecular weight is 340 g/mol. The number of nitrogens with two attached hydrogens (primary N) is 1. The van der Waals surface area contributed by atoms with E-state index < -0.39 is 0 Å². The van der Waals surface area contributed by atoms with Crippen LogP contribution in [-0.2, 0) is 6.54 Å². The molecule has 108 valence electrons. The minimum atomic E-state index is 0.540. The fraction of sp³-hybridized carbons (Fsp3) is 0.500. The predicted molar refractivity (Wildman–Crippen MR) is 81.2 cm³/mol. The van der Waals surface area contributed by atoms with Gasteiger partial charge in [0.25, 0.3) is 0 Å². The number of aliphatic imine (C=N–C) groups is 1. The van der Waals surface area contributed by atoms with Gasteiger partial charge in [-0.2, -0.15) is 0 Å². The molecule has 0 unspecified atom stereocenters. The summed E-state index contributed by atoms with van der Waals surface area (Å²) in [6.07, 6.45) is 2.42. The molecule has 0 radical (unpaired) electrons. The lowest BCUT2D eigenvalue weighted by Gasteiger charge is -2.20. The highest BCUT2D eigenvalue weighted by Crippen LogP contribution is 2.38. The summed E-state index contributed by atoms with van der Waals surface area (Å²) in [6, 6.07) is 4.54. The van der Waals surface area contributed by atoms with Gasteiger partial charge in [0, 0.05) is 13.1 Å². The Balaban J connectivity index is 1.74. The van der Waals surface area contributed by atoms with Gasteiger partial charge < -0.3 is 20.1 Å². The van der Waals surface area contributed by atoms with E-state index in [0.29, 0.717) is 31.8 Å². The summed E-state index contributed by atoms with van der Waals surface area (Å²) in [7, 11) is 2.00. The second kappa shape index (κ2) is 5.52. The number of rotatable bonds is 3. The molecule has 20 heavy (non-hydrogen) atoms. The van der Waals surface area contributed by atoms with Crippen molar-refractivity contribution in [1.29, 1.82) is 0 Å². The van der Waals surface area contributed by atoms with Crippen LogP contribution in [0.3, 0.4) is 0 Å². The zero-order chi connectivity index (χ0) is 14.1. The monoisotopic (exact) mass is 339 g/mol. The molecule has 2 N–H and O–H groups in total. The van der Waals surface area contributed by atoms with Crippen LogP contribution in [0.15, 0.2) is 21.6 Å². The first kappa shape index (κ1) is 13.5. The van der Waals surface area contributed by atoms with Crippen LogP contribution >= 0.6 is 15.9 Å². The van der Waals surface area contributed by atoms with E-state index in [0.717, 1.165) is 21.5 Å². The zero-order valence-electron chi connectivity index (χ0n) is 11.4. The van der Waals surface area contributed by atoms with E-state index in [-0.39, 0.29) is 0 Å². The highest BCUT2D eigenvalue weighted by molar-refractivity contribution is 9.10. The maximum atomic E-state index is 5.99. The number of fused-ring (bicyclic) bond motifs is 1. The maximum absolute atomic E-state index is 5.99. The van der Waals surface area contributed by atoms with Crippen LogP contribution in [0.4, 0.5) is 0 Å². The van der Waals surface area contributed by atoms with Crippen molar-refractivity contribution < 1.29 is 9.47 Å². The number of guanidine groups is 1. The first-order chi connectivity index (χ1) is 9.65. The molecular formula is C14H18BrN3O2. The molecule has 0 saturated heterocycles. The molecule has 1 aromatic carbocycles. The lowest BCUT2D eigenvalue weighted by molar-refractivity contribution is 0.170. The summed E-state index contributed by atoms with van der Waals surface area (Å²) in [6.45, 7) is 1.71. The maximum Gasteiger partial charge on any atom is 0.191 e. The van der Waals surface area contributed by atoms with Gasteiger partial charge in [0.2, 0.25) is 0 Å². The molecule has 0 aromatic heterocycles. The van der Waals surface area contributed by atoms with Crippen molar-refractivity contribution in [2.24, 2.45) is 10.7 Å². The Bertz CT molecular complexity index is 543. The first-order valence-corrected chi connectivity index (χ1v) is 7.55. The van der Waals surface area contributed by atoms with Crippen LogP contribution in [0.25, 0.3) is 0 Å². The molecule has 3 rings (SSSR count). The predicted octanol–water partition coefficient (Wildman–Crippen LogP) is 2.13. The highest BCUT2D eigenvalue weighted by Gasteiger charge is 2.27. The molecule has 1 aromatic rings. The molecule has 1 saturated carbocycles. The molecule has 1 aliphatic carbocycles. The summed E-state index contributed by atoms with van der Waals surface area (Å²) in [4.78, 5) is 6.50. The third-order valence-corrected chi connectivity index (χ3v) is 4.13. The molecule has 0 spiro atoms. The van der Waals surface area contributed by atoms with Gasteiger partial charge in [0.1, 0.15) is 13.2 Å². The second-order valence-corrected chi connectivity index (χ2v) is 5.97. The van der Waals surface area contributed by atoms with E-state index in [1.807, 2.05) is 24.1 Å². The van der Waals surface area contributed by atoms with Crippen LogP contribution in [0.5, 0.6) is 11.5 Å². The topological polar surface area (TPSA) is 60.1 Å². The van der Waals surface area contributed by atoms with Gasteiger partial charge in [-0.05, 0) is 46.5 Å². The summed E-state index contributed by atoms with van der Waals surface area (Å²) in [5.41, 5.74) is 7.04. The van der Waals surface area contributed by atoms with E-state index in [2.05, 4.69) is 20.9 Å². The highest BCUT2D eigenvalue weighted by atomic mass is 79.9. The number of nitrogens with zero attached hydrogens (tertiary/aromatic N) is 2. The normalized spacial score (nSPS) is 18.0. The van der Waals surface area contributed by atoms with Crippen LogP contribution in [0, 0.1) is 0 Å². The summed E-state index contributed by atoms with van der Waals surface area (Å²) in [5, 5.41) is 0. The summed E-state index contributed by atoms with van der Waals surface area (Å²) in [5.74, 6) is 2.13. The lowest BCUT2D eigenvalue weighted by Crippen LogP contribution is -2.35. The molecule has 1 fully saturated rings. The molecule has 1 aliphatic heterocycles. The standard InChI is InChI=1S/C14H18BrN3O2/c1-18(10-2-3-10)14(16)17-8-9-6-11(15)13-12(7-9)19-4-5-20-13/h6-7,10H,2-5,8H2,1H3,(H2,16,17). The quantitative estimate of drug-likeness (QED) is 0.676. The molecule has 0 bridgehead atoms. The number of halogens is 1. The minimum Gasteiger partial charge on any atom is -0.486 e. The fourth-order valence-corrected chi connectivity index (χ4v) is 2.79. The molecule has 0 amide bonds. The summed E-state index contributed by atoms with van der Waals surface area (Å²) >= 11 is 3.51. The van der Waals surface area contributed by atoms with Gasteiger partial charge >= 0.3 is 0 Å². The van der Waals surface area contributed by atoms with Crippen LogP contribution in [-0.4, -0.2) is 37.2 Å². The van der Waals surface area contributed by atoms with Crippen LogP contribution in [0.1, 0.15) is 18.4 Å². The van der Waals surface area contributed by atoms with Gasteiger partial charge in [-0.3, -0.25) is 0 Å². The fourth-order valence-electron chi connectivity index (χ4n) is 2.19. The second-order valence-electron chi connectivity index (χ2n) is 5.12. The molecule has 6 heteroatoms. The molecule has 0 atom stereocenters. The molecular weight excluding hydrogens is 322 g/mol. The molecule has 2 aliphatic rings. The van der Waals surface area contributed by atoms with Crippen molar-refractivity contribution in [1.82, 2.24) is 4.90 Å². The number of ether oxygens (including phenoxy) is 2. The first-order valence-electron chi connectivity index (χ1n) is 6.76. The minimum absolute atomic E-state index is 0.540. The van der Waals surface area contributed by atoms with Crippen molar-refractivity contribution in [3.8, 4) is 11.5 Å². The van der Waals surface area contributed by atoms with Gasteiger partial charge in [-0.1, -0.05) is 0 Å². The largest absolute Gasteiger partial charge is 0.486 e. The van der Waals surface area contributed by atoms with Crippen LogP contribution in [0.2, 0.25) is 0 Å². The Hall–Kier alpha value is -1.43. The molecule has 5 nitrogen and oxygen atoms in total. The van der Waals surface area contributed by atoms with Crippen molar-refractivity contribution >= 4 is 21.9 Å². The number of hydrogen-bond donors (Lipinski definition) is 1. The van der Waals surface area contributed by atoms with Gasteiger partial charge in [0.05, 0.1) is 11.0 Å². The Kier molecular flexibility index (Phi) is 3.74. The van der Waals surface area contributed by atoms with Crippen molar-refractivity contribution in [2.75, 3.05) is 20.3 Å². The number of hydrogen-bond acceptors (Lipinski definition) is 3. The Morgan fingerprint density at radius 1 is 1.40 bits per heavy atom. The van der Waals surface area contributed by atoms with Gasteiger partial charge in [0.15, 0.2) is 17.5 Å². The van der Waals surface area contributed by atoms with Crippen molar-refractivity contribution in [2.45, 2.75) is 25.4 Å². The lowest BCUT2D eigenvalue weighted by atomic mass is 10.2. The van der Waals surface area contributed by atoms with E-state index in [4.69, 9.17) is 15.2 Å². The van der Waals surface area contributed by atoms with Gasteiger partial charge in [-0.15, -0.1) is 0 Å².